The van der Waals surface area contributed by atoms with E-state index in [-0.39, 0.29) is 0 Å². The van der Waals surface area contributed by atoms with Crippen LogP contribution in [0.2, 0.25) is 0 Å². The van der Waals surface area contributed by atoms with Crippen LogP contribution in [-0.2, 0) is 12.2 Å². The highest BCUT2D eigenvalue weighted by Gasteiger charge is 2.15. The molecule has 1 aliphatic rings. The van der Waals surface area contributed by atoms with Gasteiger partial charge >= 0.3 is 0 Å². The molecule has 0 radical (unpaired) electrons. The number of hydrogen-bond donors (Lipinski definition) is 1. The molecule has 1 aromatic heterocycles. The second kappa shape index (κ2) is 7.68. The predicted molar refractivity (Wildman–Crippen MR) is 89.2 cm³/mol. The number of hydrogen-bond acceptors (Lipinski definition) is 4. The topological polar surface area (TPSA) is 50.8 Å². The largest absolute Gasteiger partial charge is 0.497 e. The highest BCUT2D eigenvalue weighted by atomic mass is 32.2. The number of thioether (sulfide) groups is 1. The van der Waals surface area contributed by atoms with Crippen molar-refractivity contribution >= 4 is 11.8 Å². The van der Waals surface area contributed by atoms with Crippen molar-refractivity contribution in [1.82, 2.24) is 15.2 Å². The number of nitrogens with one attached hydrogen (secondary N) is 1. The lowest BCUT2D eigenvalue weighted by Crippen LogP contribution is -1.97. The molecule has 1 saturated carbocycles. The fourth-order valence-electron chi connectivity index (χ4n) is 3.00. The number of aryl methyl sites for hydroxylation is 1. The summed E-state index contributed by atoms with van der Waals surface area (Å²) in [5.41, 5.74) is 1.22. The Morgan fingerprint density at radius 1 is 1.32 bits per heavy atom. The normalized spacial score (nSPS) is 15.3. The maximum absolute atomic E-state index is 5.24. The van der Waals surface area contributed by atoms with Crippen LogP contribution >= 0.6 is 11.8 Å². The van der Waals surface area contributed by atoms with Crippen LogP contribution in [0.25, 0.3) is 0 Å². The van der Waals surface area contributed by atoms with E-state index in [2.05, 4.69) is 27.3 Å². The summed E-state index contributed by atoms with van der Waals surface area (Å²) in [5, 5.41) is 8.23. The second-order valence-electron chi connectivity index (χ2n) is 5.89. The fraction of sp³-hybridized carbons (Fsp3) is 0.529. The van der Waals surface area contributed by atoms with Crippen molar-refractivity contribution in [2.24, 2.45) is 5.92 Å². The number of benzene rings is 1. The quantitative estimate of drug-likeness (QED) is 0.777. The highest BCUT2D eigenvalue weighted by molar-refractivity contribution is 7.98. The van der Waals surface area contributed by atoms with E-state index in [0.29, 0.717) is 0 Å². The first-order valence-corrected chi connectivity index (χ1v) is 8.99. The molecule has 1 fully saturated rings. The number of H-pyrrole nitrogens is 1. The number of aromatic nitrogens is 3. The molecule has 22 heavy (non-hydrogen) atoms. The van der Waals surface area contributed by atoms with Crippen molar-refractivity contribution in [1.29, 1.82) is 0 Å². The van der Waals surface area contributed by atoms with Gasteiger partial charge in [-0.2, -0.15) is 0 Å². The Hall–Kier alpha value is -1.49. The first-order valence-electron chi connectivity index (χ1n) is 8.00. The van der Waals surface area contributed by atoms with Gasteiger partial charge in [-0.15, -0.1) is 5.10 Å². The summed E-state index contributed by atoms with van der Waals surface area (Å²) < 4.78 is 5.24. The molecule has 0 atom stereocenters. The molecule has 0 bridgehead atoms. The molecule has 3 rings (SSSR count). The Bertz CT molecular complexity index is 593. The minimum Gasteiger partial charge on any atom is -0.497 e. The zero-order chi connectivity index (χ0) is 15.2. The average molecular weight is 317 g/mol. The Balaban J connectivity index is 1.48. The third kappa shape index (κ3) is 4.26. The van der Waals surface area contributed by atoms with Crippen LogP contribution in [0.1, 0.15) is 43.5 Å². The standard InChI is InChI=1S/C17H23N3OS/c1-21-15-8-4-7-14(11-15)12-22-17-18-16(19-20-17)10-9-13-5-2-3-6-13/h4,7-8,11,13H,2-3,5-6,9-10,12H2,1H3,(H,18,19,20). The number of methoxy groups -OCH3 is 1. The van der Waals surface area contributed by atoms with Gasteiger partial charge in [-0.1, -0.05) is 49.6 Å². The summed E-state index contributed by atoms with van der Waals surface area (Å²) in [6, 6.07) is 8.13. The van der Waals surface area contributed by atoms with E-state index in [1.165, 1.54) is 37.7 Å². The Kier molecular flexibility index (Phi) is 5.38. The van der Waals surface area contributed by atoms with Crippen LogP contribution in [-0.4, -0.2) is 22.3 Å². The van der Waals surface area contributed by atoms with Crippen molar-refractivity contribution in [3.05, 3.63) is 35.7 Å². The molecule has 2 aromatic rings. The lowest BCUT2D eigenvalue weighted by Gasteiger charge is -2.05. The number of ether oxygens (including phenoxy) is 1. The summed E-state index contributed by atoms with van der Waals surface area (Å²) in [5.74, 6) is 3.68. The minimum absolute atomic E-state index is 0.837. The van der Waals surface area contributed by atoms with Gasteiger partial charge in [0.05, 0.1) is 7.11 Å². The van der Waals surface area contributed by atoms with E-state index >= 15 is 0 Å². The van der Waals surface area contributed by atoms with Crippen molar-refractivity contribution in [3.8, 4) is 5.75 Å². The van der Waals surface area contributed by atoms with Gasteiger partial charge in [-0.25, -0.2) is 4.98 Å². The first-order chi connectivity index (χ1) is 10.8. The predicted octanol–water partition coefficient (Wildman–Crippen LogP) is 4.23. The van der Waals surface area contributed by atoms with Crippen molar-refractivity contribution in [2.75, 3.05) is 7.11 Å². The average Bonchev–Trinajstić information content (AvgIpc) is 3.22. The van der Waals surface area contributed by atoms with Crippen molar-refractivity contribution in [3.63, 3.8) is 0 Å². The Labute approximate surface area is 136 Å². The van der Waals surface area contributed by atoms with E-state index in [4.69, 9.17) is 4.74 Å². The van der Waals surface area contributed by atoms with Crippen molar-refractivity contribution in [2.45, 2.75) is 49.4 Å². The molecule has 0 amide bonds. The van der Waals surface area contributed by atoms with Crippen LogP contribution in [0, 0.1) is 5.92 Å². The lowest BCUT2D eigenvalue weighted by atomic mass is 10.0. The molecular weight excluding hydrogens is 294 g/mol. The molecule has 5 heteroatoms. The van der Waals surface area contributed by atoms with Gasteiger partial charge in [0.2, 0.25) is 5.16 Å². The maximum Gasteiger partial charge on any atom is 0.208 e. The van der Waals surface area contributed by atoms with Crippen LogP contribution in [0.15, 0.2) is 29.4 Å². The first kappa shape index (κ1) is 15.4. The number of aromatic amines is 1. The van der Waals surface area contributed by atoms with Gasteiger partial charge in [0, 0.05) is 12.2 Å². The molecule has 4 nitrogen and oxygen atoms in total. The summed E-state index contributed by atoms with van der Waals surface area (Å²) in [6.45, 7) is 0. The fourth-order valence-corrected chi connectivity index (χ4v) is 3.76. The maximum atomic E-state index is 5.24. The van der Waals surface area contributed by atoms with E-state index in [1.54, 1.807) is 18.9 Å². The van der Waals surface area contributed by atoms with Gasteiger partial charge in [0.15, 0.2) is 0 Å². The van der Waals surface area contributed by atoms with Crippen LogP contribution in [0.5, 0.6) is 5.75 Å². The molecule has 1 aliphatic carbocycles. The molecule has 1 N–H and O–H groups in total. The zero-order valence-corrected chi connectivity index (χ0v) is 13.9. The van der Waals surface area contributed by atoms with Crippen LogP contribution in [0.4, 0.5) is 0 Å². The van der Waals surface area contributed by atoms with Gasteiger partial charge < -0.3 is 4.74 Å². The third-order valence-electron chi connectivity index (χ3n) is 4.28. The monoisotopic (exact) mass is 317 g/mol. The van der Waals surface area contributed by atoms with Crippen LogP contribution < -0.4 is 4.74 Å². The number of nitrogens with zero attached hydrogens (tertiary/aromatic N) is 2. The Morgan fingerprint density at radius 2 is 2.18 bits per heavy atom. The van der Waals surface area contributed by atoms with Gasteiger partial charge in [0.25, 0.3) is 0 Å². The molecular formula is C17H23N3OS. The third-order valence-corrected chi connectivity index (χ3v) is 5.20. The van der Waals surface area contributed by atoms with E-state index in [0.717, 1.165) is 34.8 Å². The molecule has 118 valence electrons. The van der Waals surface area contributed by atoms with E-state index in [9.17, 15) is 0 Å². The Morgan fingerprint density at radius 3 is 3.00 bits per heavy atom. The van der Waals surface area contributed by atoms with Crippen molar-refractivity contribution < 1.29 is 4.74 Å². The summed E-state index contributed by atoms with van der Waals surface area (Å²) >= 11 is 1.66. The van der Waals surface area contributed by atoms with Crippen LogP contribution in [0.3, 0.4) is 0 Å². The summed E-state index contributed by atoms with van der Waals surface area (Å²) in [7, 11) is 1.69. The van der Waals surface area contributed by atoms with Gasteiger partial charge in [-0.3, -0.25) is 5.10 Å². The lowest BCUT2D eigenvalue weighted by molar-refractivity contribution is 0.414. The number of rotatable bonds is 7. The molecule has 0 spiro atoms. The van der Waals surface area contributed by atoms with E-state index in [1.807, 2.05) is 12.1 Å². The summed E-state index contributed by atoms with van der Waals surface area (Å²) in [6.07, 6.45) is 7.87. The minimum atomic E-state index is 0.837. The molecule has 0 saturated heterocycles. The zero-order valence-electron chi connectivity index (χ0n) is 13.0. The molecule has 0 aliphatic heterocycles. The van der Waals surface area contributed by atoms with Gasteiger partial charge in [-0.05, 0) is 30.0 Å². The van der Waals surface area contributed by atoms with Gasteiger partial charge in [0.1, 0.15) is 11.6 Å². The highest BCUT2D eigenvalue weighted by Crippen LogP contribution is 2.28. The molecule has 0 unspecified atom stereocenters. The second-order valence-corrected chi connectivity index (χ2v) is 6.84. The smallest absolute Gasteiger partial charge is 0.208 e. The molecule has 1 aromatic carbocycles. The summed E-state index contributed by atoms with van der Waals surface area (Å²) in [4.78, 5) is 4.59. The molecule has 1 heterocycles. The van der Waals surface area contributed by atoms with E-state index < -0.39 is 0 Å². The SMILES string of the molecule is COc1cccc(CSc2n[nH]c(CCC3CCCC3)n2)c1.